The van der Waals surface area contributed by atoms with E-state index < -0.39 is 0 Å². The van der Waals surface area contributed by atoms with E-state index in [4.69, 9.17) is 9.15 Å². The molecule has 0 bridgehead atoms. The van der Waals surface area contributed by atoms with Crippen LogP contribution >= 0.6 is 22.6 Å². The molecule has 3 aromatic rings. The topological polar surface area (TPSA) is 35.3 Å². The summed E-state index contributed by atoms with van der Waals surface area (Å²) in [4.78, 5) is 4.36. The molecule has 1 aromatic heterocycles. The number of aromatic nitrogens is 1. The lowest BCUT2D eigenvalue weighted by Gasteiger charge is -2.04. The van der Waals surface area contributed by atoms with E-state index in [1.54, 1.807) is 0 Å². The molecule has 0 aliphatic rings. The van der Waals surface area contributed by atoms with E-state index in [1.807, 2.05) is 48.5 Å². The second-order valence-corrected chi connectivity index (χ2v) is 4.96. The van der Waals surface area contributed by atoms with E-state index in [-0.39, 0.29) is 0 Å². The van der Waals surface area contributed by atoms with Gasteiger partial charge in [-0.05, 0) is 46.9 Å². The average Bonchev–Trinajstić information content (AvgIpc) is 2.80. The van der Waals surface area contributed by atoms with Crippen molar-refractivity contribution in [1.29, 1.82) is 0 Å². The van der Waals surface area contributed by atoms with Gasteiger partial charge in [0.25, 0.3) is 0 Å². The molecule has 1 heterocycles. The number of oxazole rings is 1. The summed E-state index contributed by atoms with van der Waals surface area (Å²) >= 11 is 2.24. The molecule has 0 aliphatic carbocycles. The molecule has 3 rings (SSSR count). The van der Waals surface area contributed by atoms with Crippen LogP contribution in [0.15, 0.2) is 52.9 Å². The fourth-order valence-electron chi connectivity index (χ4n) is 1.68. The molecule has 0 fully saturated rings. The molecular formula is C14H10INO2. The normalized spacial score (nSPS) is 10.7. The van der Waals surface area contributed by atoms with Crippen LogP contribution in [0.25, 0.3) is 11.1 Å². The molecule has 4 heteroatoms. The Labute approximate surface area is 118 Å². The standard InChI is InChI=1S/C14H10INO2/c15-10-5-1-3-7-12(10)17-9-14-16-11-6-2-4-8-13(11)18-14/h1-8H,9H2. The second kappa shape index (κ2) is 4.97. The highest BCUT2D eigenvalue weighted by Crippen LogP contribution is 2.21. The first kappa shape index (κ1) is 11.5. The van der Waals surface area contributed by atoms with Crippen molar-refractivity contribution in [2.45, 2.75) is 6.61 Å². The number of benzene rings is 2. The Kier molecular flexibility index (Phi) is 3.19. The number of fused-ring (bicyclic) bond motifs is 1. The summed E-state index contributed by atoms with van der Waals surface area (Å²) in [6.07, 6.45) is 0. The fraction of sp³-hybridized carbons (Fsp3) is 0.0714. The Bertz CT molecular complexity index is 645. The van der Waals surface area contributed by atoms with Gasteiger partial charge in [-0.1, -0.05) is 24.3 Å². The van der Waals surface area contributed by atoms with Gasteiger partial charge in [-0.25, -0.2) is 4.98 Å². The second-order valence-electron chi connectivity index (χ2n) is 3.79. The molecule has 0 aliphatic heterocycles. The summed E-state index contributed by atoms with van der Waals surface area (Å²) in [7, 11) is 0. The number of nitrogens with zero attached hydrogens (tertiary/aromatic N) is 1. The lowest BCUT2D eigenvalue weighted by Crippen LogP contribution is -1.96. The zero-order valence-corrected chi connectivity index (χ0v) is 11.6. The van der Waals surface area contributed by atoms with Gasteiger partial charge in [0, 0.05) is 0 Å². The van der Waals surface area contributed by atoms with Gasteiger partial charge in [-0.2, -0.15) is 0 Å². The van der Waals surface area contributed by atoms with Crippen molar-refractivity contribution in [2.24, 2.45) is 0 Å². The van der Waals surface area contributed by atoms with Crippen molar-refractivity contribution in [2.75, 3.05) is 0 Å². The van der Waals surface area contributed by atoms with Gasteiger partial charge in [0.15, 0.2) is 12.2 Å². The smallest absolute Gasteiger partial charge is 0.233 e. The summed E-state index contributed by atoms with van der Waals surface area (Å²) in [6.45, 7) is 0.342. The Morgan fingerprint density at radius 2 is 1.83 bits per heavy atom. The minimum absolute atomic E-state index is 0.342. The Balaban J connectivity index is 1.79. The third-order valence-electron chi connectivity index (χ3n) is 2.53. The van der Waals surface area contributed by atoms with Crippen LogP contribution in [0.5, 0.6) is 5.75 Å². The van der Waals surface area contributed by atoms with Crippen LogP contribution in [0.3, 0.4) is 0 Å². The maximum atomic E-state index is 5.69. The highest BCUT2D eigenvalue weighted by Gasteiger charge is 2.06. The molecule has 0 atom stereocenters. The van der Waals surface area contributed by atoms with Crippen molar-refractivity contribution in [3.63, 3.8) is 0 Å². The van der Waals surface area contributed by atoms with E-state index in [0.717, 1.165) is 20.4 Å². The zero-order chi connectivity index (χ0) is 12.4. The summed E-state index contributed by atoms with van der Waals surface area (Å²) in [6, 6.07) is 15.6. The van der Waals surface area contributed by atoms with Crippen molar-refractivity contribution in [3.05, 3.63) is 58.0 Å². The van der Waals surface area contributed by atoms with Gasteiger partial charge in [0.2, 0.25) is 5.89 Å². The number of hydrogen-bond donors (Lipinski definition) is 0. The Morgan fingerprint density at radius 1 is 1.06 bits per heavy atom. The Hall–Kier alpha value is -1.56. The Morgan fingerprint density at radius 3 is 2.67 bits per heavy atom. The van der Waals surface area contributed by atoms with Crippen LogP contribution in [-0.4, -0.2) is 4.98 Å². The monoisotopic (exact) mass is 351 g/mol. The van der Waals surface area contributed by atoms with Crippen LogP contribution in [0.2, 0.25) is 0 Å². The lowest BCUT2D eigenvalue weighted by molar-refractivity contribution is 0.265. The van der Waals surface area contributed by atoms with Crippen LogP contribution < -0.4 is 4.74 Å². The van der Waals surface area contributed by atoms with Gasteiger partial charge < -0.3 is 9.15 Å². The number of rotatable bonds is 3. The van der Waals surface area contributed by atoms with Gasteiger partial charge in [-0.3, -0.25) is 0 Å². The predicted molar refractivity (Wildman–Crippen MR) is 77.5 cm³/mol. The summed E-state index contributed by atoms with van der Waals surface area (Å²) in [5, 5.41) is 0. The van der Waals surface area contributed by atoms with E-state index in [0.29, 0.717) is 12.5 Å². The van der Waals surface area contributed by atoms with Gasteiger partial charge in [0.1, 0.15) is 11.3 Å². The zero-order valence-electron chi connectivity index (χ0n) is 9.47. The average molecular weight is 351 g/mol. The molecule has 0 N–H and O–H groups in total. The lowest BCUT2D eigenvalue weighted by atomic mass is 10.3. The molecule has 0 saturated carbocycles. The van der Waals surface area contributed by atoms with Gasteiger partial charge >= 0.3 is 0 Å². The van der Waals surface area contributed by atoms with Crippen molar-refractivity contribution in [3.8, 4) is 5.75 Å². The first-order chi connectivity index (χ1) is 8.83. The van der Waals surface area contributed by atoms with Crippen LogP contribution in [-0.2, 0) is 6.61 Å². The maximum Gasteiger partial charge on any atom is 0.233 e. The first-order valence-electron chi connectivity index (χ1n) is 5.55. The number of para-hydroxylation sites is 3. The molecule has 0 unspecified atom stereocenters. The minimum atomic E-state index is 0.342. The summed E-state index contributed by atoms with van der Waals surface area (Å²) in [5.41, 5.74) is 1.65. The molecule has 0 spiro atoms. The third-order valence-corrected chi connectivity index (χ3v) is 3.42. The van der Waals surface area contributed by atoms with Gasteiger partial charge in [0.05, 0.1) is 3.57 Å². The first-order valence-corrected chi connectivity index (χ1v) is 6.62. The van der Waals surface area contributed by atoms with E-state index in [9.17, 15) is 0 Å². The molecule has 3 nitrogen and oxygen atoms in total. The highest BCUT2D eigenvalue weighted by atomic mass is 127. The fourth-order valence-corrected chi connectivity index (χ4v) is 2.23. The van der Waals surface area contributed by atoms with Crippen LogP contribution in [0, 0.1) is 3.57 Å². The number of ether oxygens (including phenoxy) is 1. The summed E-state index contributed by atoms with van der Waals surface area (Å²) < 4.78 is 12.4. The number of hydrogen-bond acceptors (Lipinski definition) is 3. The van der Waals surface area contributed by atoms with Crippen LogP contribution in [0.1, 0.15) is 5.89 Å². The highest BCUT2D eigenvalue weighted by molar-refractivity contribution is 14.1. The van der Waals surface area contributed by atoms with Crippen molar-refractivity contribution >= 4 is 33.7 Å². The molecular weight excluding hydrogens is 341 g/mol. The quantitative estimate of drug-likeness (QED) is 0.669. The molecule has 0 amide bonds. The molecule has 0 radical (unpaired) electrons. The SMILES string of the molecule is Ic1ccccc1OCc1nc2ccccc2o1. The van der Waals surface area contributed by atoms with E-state index in [2.05, 4.69) is 27.6 Å². The van der Waals surface area contributed by atoms with Gasteiger partial charge in [-0.15, -0.1) is 0 Å². The molecule has 0 saturated heterocycles. The minimum Gasteiger partial charge on any atom is -0.483 e. The number of halogens is 1. The molecule has 2 aromatic carbocycles. The molecule has 90 valence electrons. The van der Waals surface area contributed by atoms with E-state index >= 15 is 0 Å². The van der Waals surface area contributed by atoms with Crippen molar-refractivity contribution in [1.82, 2.24) is 4.98 Å². The molecule has 18 heavy (non-hydrogen) atoms. The predicted octanol–water partition coefficient (Wildman–Crippen LogP) is 4.01. The van der Waals surface area contributed by atoms with Crippen LogP contribution in [0.4, 0.5) is 0 Å². The third kappa shape index (κ3) is 2.33. The van der Waals surface area contributed by atoms with E-state index in [1.165, 1.54) is 0 Å². The summed E-state index contributed by atoms with van der Waals surface area (Å²) in [5.74, 6) is 1.44. The maximum absolute atomic E-state index is 5.69. The van der Waals surface area contributed by atoms with Crippen molar-refractivity contribution < 1.29 is 9.15 Å². The largest absolute Gasteiger partial charge is 0.483 e.